The van der Waals surface area contributed by atoms with Crippen LogP contribution in [0.15, 0.2) is 18.2 Å². The number of carbonyl (C=O) groups excluding carboxylic acids is 2. The molecule has 0 bridgehead atoms. The van der Waals surface area contributed by atoms with Crippen molar-refractivity contribution < 1.29 is 14.8 Å². The molecule has 1 heterocycles. The van der Waals surface area contributed by atoms with Gasteiger partial charge in [0.05, 0.1) is 6.04 Å². The van der Waals surface area contributed by atoms with Crippen molar-refractivity contribution in [2.24, 2.45) is 5.41 Å². The minimum Gasteiger partial charge on any atom is -0.356 e. The van der Waals surface area contributed by atoms with E-state index in [0.717, 1.165) is 62.1 Å². The van der Waals surface area contributed by atoms with Crippen LogP contribution in [0.4, 0.5) is 0 Å². The van der Waals surface area contributed by atoms with Gasteiger partial charge in [-0.05, 0) is 55.4 Å². The molecule has 24 heavy (non-hydrogen) atoms. The lowest BCUT2D eigenvalue weighted by Gasteiger charge is -2.33. The maximum Gasteiger partial charge on any atom is 0.277 e. The average molecular weight is 328 g/mol. The van der Waals surface area contributed by atoms with Crippen LogP contribution in [0, 0.1) is 5.41 Å². The molecule has 128 valence electrons. The number of amides is 2. The summed E-state index contributed by atoms with van der Waals surface area (Å²) < 4.78 is 0. The number of benzene rings is 1. The Morgan fingerprint density at radius 1 is 1.21 bits per heavy atom. The Morgan fingerprint density at radius 2 is 2.00 bits per heavy atom. The largest absolute Gasteiger partial charge is 0.356 e. The highest BCUT2D eigenvalue weighted by Gasteiger charge is 2.41. The lowest BCUT2D eigenvalue weighted by molar-refractivity contribution is -0.119. The van der Waals surface area contributed by atoms with E-state index in [1.165, 1.54) is 5.56 Å². The Bertz CT molecular complexity index is 681. The Morgan fingerprint density at radius 3 is 2.71 bits per heavy atom. The maximum absolute atomic E-state index is 12.6. The number of hydrogen-bond donors (Lipinski definition) is 2. The first-order chi connectivity index (χ1) is 11.6. The predicted molar refractivity (Wildman–Crippen MR) is 88.7 cm³/mol. The molecule has 5 heteroatoms. The molecule has 0 aromatic heterocycles. The van der Waals surface area contributed by atoms with Gasteiger partial charge in [-0.2, -0.15) is 0 Å². The molecule has 1 saturated heterocycles. The van der Waals surface area contributed by atoms with Crippen LogP contribution in [0.5, 0.6) is 0 Å². The van der Waals surface area contributed by atoms with Gasteiger partial charge < -0.3 is 5.32 Å². The lowest BCUT2D eigenvalue weighted by atomic mass is 9.71. The number of fused-ring (bicyclic) bond motifs is 1. The highest BCUT2D eigenvalue weighted by atomic mass is 16.5. The summed E-state index contributed by atoms with van der Waals surface area (Å²) in [6, 6.07) is 5.73. The fourth-order valence-electron chi connectivity index (χ4n) is 4.56. The average Bonchev–Trinajstić information content (AvgIpc) is 3.23. The molecular formula is C19H24N2O3. The van der Waals surface area contributed by atoms with Crippen molar-refractivity contribution in [2.75, 3.05) is 6.54 Å². The molecule has 3 aliphatic rings. The molecule has 1 aliphatic heterocycles. The van der Waals surface area contributed by atoms with Gasteiger partial charge in [0, 0.05) is 23.9 Å². The van der Waals surface area contributed by atoms with Crippen LogP contribution in [0.3, 0.4) is 0 Å². The van der Waals surface area contributed by atoms with Crippen molar-refractivity contribution in [3.8, 4) is 0 Å². The van der Waals surface area contributed by atoms with Crippen LogP contribution in [0.2, 0.25) is 0 Å². The van der Waals surface area contributed by atoms with Crippen molar-refractivity contribution in [1.29, 1.82) is 0 Å². The number of hydrogen-bond acceptors (Lipinski definition) is 3. The Hall–Kier alpha value is -1.88. The van der Waals surface area contributed by atoms with Gasteiger partial charge in [-0.15, -0.1) is 0 Å². The van der Waals surface area contributed by atoms with E-state index < -0.39 is 0 Å². The molecule has 0 radical (unpaired) electrons. The smallest absolute Gasteiger partial charge is 0.277 e. The fourth-order valence-corrected chi connectivity index (χ4v) is 4.56. The van der Waals surface area contributed by atoms with Crippen molar-refractivity contribution in [2.45, 2.75) is 57.4 Å². The zero-order valence-corrected chi connectivity index (χ0v) is 13.9. The summed E-state index contributed by atoms with van der Waals surface area (Å²) in [5.74, 6) is -0.168. The molecule has 0 unspecified atom stereocenters. The summed E-state index contributed by atoms with van der Waals surface area (Å²) in [5, 5.41) is 14.1. The number of rotatable bonds is 2. The number of hydroxylamine groups is 2. The van der Waals surface area contributed by atoms with Crippen LogP contribution in [0.25, 0.3) is 0 Å². The number of nitrogens with zero attached hydrogens (tertiary/aromatic N) is 1. The van der Waals surface area contributed by atoms with Gasteiger partial charge in [-0.1, -0.05) is 18.9 Å². The normalized spacial score (nSPS) is 26.5. The second-order valence-electron chi connectivity index (χ2n) is 7.70. The second kappa shape index (κ2) is 5.88. The van der Waals surface area contributed by atoms with E-state index in [1.807, 2.05) is 18.2 Å². The Balaban J connectivity index is 1.55. The molecular weight excluding hydrogens is 304 g/mol. The van der Waals surface area contributed by atoms with Gasteiger partial charge in [0.15, 0.2) is 0 Å². The third kappa shape index (κ3) is 2.71. The lowest BCUT2D eigenvalue weighted by Crippen LogP contribution is -2.36. The molecule has 5 nitrogen and oxygen atoms in total. The SMILES string of the molecule is O=C1C[C@@]2(CCc3ccc(C(=O)N(O)C4CCCC4)cc3C2)CN1. The first kappa shape index (κ1) is 15.6. The maximum atomic E-state index is 12.6. The van der Waals surface area contributed by atoms with Crippen LogP contribution < -0.4 is 5.32 Å². The highest BCUT2D eigenvalue weighted by Crippen LogP contribution is 2.40. The Kier molecular flexibility index (Phi) is 3.83. The van der Waals surface area contributed by atoms with Crippen LogP contribution in [-0.2, 0) is 17.6 Å². The van der Waals surface area contributed by atoms with E-state index in [0.29, 0.717) is 12.0 Å². The van der Waals surface area contributed by atoms with Gasteiger partial charge in [0.2, 0.25) is 5.91 Å². The van der Waals surface area contributed by atoms with Gasteiger partial charge in [-0.3, -0.25) is 14.8 Å². The van der Waals surface area contributed by atoms with Crippen LogP contribution in [0.1, 0.15) is 60.0 Å². The summed E-state index contributed by atoms with van der Waals surface area (Å²) in [5.41, 5.74) is 2.98. The predicted octanol–water partition coefficient (Wildman–Crippen LogP) is 2.46. The molecule has 2 aliphatic carbocycles. The van der Waals surface area contributed by atoms with E-state index in [-0.39, 0.29) is 23.3 Å². The number of nitrogens with one attached hydrogen (secondary N) is 1. The van der Waals surface area contributed by atoms with Crippen molar-refractivity contribution in [1.82, 2.24) is 10.4 Å². The zero-order chi connectivity index (χ0) is 16.7. The monoisotopic (exact) mass is 328 g/mol. The topological polar surface area (TPSA) is 69.6 Å². The minimum atomic E-state index is -0.301. The van der Waals surface area contributed by atoms with Crippen LogP contribution in [-0.4, -0.2) is 34.7 Å². The zero-order valence-electron chi connectivity index (χ0n) is 13.9. The van der Waals surface area contributed by atoms with Crippen molar-refractivity contribution in [3.63, 3.8) is 0 Å². The number of carbonyl (C=O) groups is 2. The third-order valence-corrected chi connectivity index (χ3v) is 6.02. The van der Waals surface area contributed by atoms with E-state index in [1.54, 1.807) is 0 Å². The summed E-state index contributed by atoms with van der Waals surface area (Å²) in [4.78, 5) is 24.2. The first-order valence-corrected chi connectivity index (χ1v) is 8.97. The Labute approximate surface area is 142 Å². The molecule has 1 aromatic carbocycles. The summed E-state index contributed by atoms with van der Waals surface area (Å²) in [6.45, 7) is 0.734. The molecule has 1 aromatic rings. The van der Waals surface area contributed by atoms with E-state index in [2.05, 4.69) is 5.32 Å². The van der Waals surface area contributed by atoms with Gasteiger partial charge in [0.1, 0.15) is 0 Å². The third-order valence-electron chi connectivity index (χ3n) is 6.02. The van der Waals surface area contributed by atoms with Gasteiger partial charge in [0.25, 0.3) is 5.91 Å². The standard InChI is InChI=1S/C19H24N2O3/c22-17-11-19(12-20-17)8-7-13-5-6-14(9-15(13)10-19)18(23)21(24)16-3-1-2-4-16/h5-6,9,16,24H,1-4,7-8,10-12H2,(H,20,22)/t19-/m0/s1. The summed E-state index contributed by atoms with van der Waals surface area (Å²) in [7, 11) is 0. The minimum absolute atomic E-state index is 0.0100. The van der Waals surface area contributed by atoms with Crippen molar-refractivity contribution >= 4 is 11.8 Å². The summed E-state index contributed by atoms with van der Waals surface area (Å²) >= 11 is 0. The molecule has 2 fully saturated rings. The molecule has 2 amide bonds. The summed E-state index contributed by atoms with van der Waals surface area (Å²) in [6.07, 6.45) is 7.28. The fraction of sp³-hybridized carbons (Fsp3) is 0.579. The molecule has 1 atom stereocenters. The molecule has 2 N–H and O–H groups in total. The van der Waals surface area contributed by atoms with Crippen LogP contribution >= 0.6 is 0 Å². The molecule has 4 rings (SSSR count). The number of aryl methyl sites for hydroxylation is 1. The molecule has 1 saturated carbocycles. The first-order valence-electron chi connectivity index (χ1n) is 8.97. The second-order valence-corrected chi connectivity index (χ2v) is 7.70. The van der Waals surface area contributed by atoms with Gasteiger partial charge in [-0.25, -0.2) is 5.06 Å². The van der Waals surface area contributed by atoms with Gasteiger partial charge >= 0.3 is 0 Å². The van der Waals surface area contributed by atoms with E-state index in [9.17, 15) is 14.8 Å². The molecule has 1 spiro atoms. The van der Waals surface area contributed by atoms with Crippen molar-refractivity contribution in [3.05, 3.63) is 34.9 Å². The van der Waals surface area contributed by atoms with E-state index in [4.69, 9.17) is 0 Å². The highest BCUT2D eigenvalue weighted by molar-refractivity contribution is 5.94. The quantitative estimate of drug-likeness (QED) is 0.647. The van der Waals surface area contributed by atoms with E-state index >= 15 is 0 Å².